The highest BCUT2D eigenvalue weighted by Gasteiger charge is 2.06. The highest BCUT2D eigenvalue weighted by molar-refractivity contribution is 5.81. The van der Waals surface area contributed by atoms with E-state index in [2.05, 4.69) is 41.4 Å². The quantitative estimate of drug-likeness (QED) is 0.756. The van der Waals surface area contributed by atoms with Gasteiger partial charge in [-0.15, -0.1) is 0 Å². The molecule has 0 aliphatic heterocycles. The fourth-order valence-corrected chi connectivity index (χ4v) is 2.75. The van der Waals surface area contributed by atoms with Gasteiger partial charge in [-0.1, -0.05) is 48.5 Å². The van der Waals surface area contributed by atoms with Gasteiger partial charge in [0.15, 0.2) is 0 Å². The Balaban J connectivity index is 1.65. The van der Waals surface area contributed by atoms with Gasteiger partial charge in [-0.05, 0) is 42.5 Å². The normalized spacial score (nSPS) is 12.4. The Morgan fingerprint density at radius 1 is 0.905 bits per heavy atom. The summed E-state index contributed by atoms with van der Waals surface area (Å²) < 4.78 is 0. The van der Waals surface area contributed by atoms with Crippen LogP contribution in [-0.2, 0) is 6.42 Å². The van der Waals surface area contributed by atoms with Crippen molar-refractivity contribution in [3.8, 4) is 0 Å². The zero-order valence-corrected chi connectivity index (χ0v) is 12.1. The smallest absolute Gasteiger partial charge is 0.0704 e. The lowest BCUT2D eigenvalue weighted by atomic mass is 9.98. The molecular weight excluding hydrogens is 256 g/mol. The molecule has 0 aliphatic carbocycles. The fourth-order valence-electron chi connectivity index (χ4n) is 2.75. The van der Waals surface area contributed by atoms with Crippen LogP contribution in [0.2, 0.25) is 0 Å². The number of aromatic nitrogens is 1. The van der Waals surface area contributed by atoms with E-state index in [1.54, 1.807) is 0 Å². The number of benzene rings is 2. The molecule has 0 saturated heterocycles. The summed E-state index contributed by atoms with van der Waals surface area (Å²) >= 11 is 0. The van der Waals surface area contributed by atoms with Gasteiger partial charge in [0, 0.05) is 17.6 Å². The minimum absolute atomic E-state index is 0.124. The van der Waals surface area contributed by atoms with Crippen LogP contribution < -0.4 is 5.73 Å². The zero-order valence-electron chi connectivity index (χ0n) is 12.1. The van der Waals surface area contributed by atoms with Crippen LogP contribution in [0, 0.1) is 0 Å². The molecule has 21 heavy (non-hydrogen) atoms. The van der Waals surface area contributed by atoms with Crippen LogP contribution >= 0.6 is 0 Å². The van der Waals surface area contributed by atoms with Crippen molar-refractivity contribution in [1.29, 1.82) is 0 Å². The largest absolute Gasteiger partial charge is 0.324 e. The van der Waals surface area contributed by atoms with E-state index in [4.69, 9.17) is 5.73 Å². The average Bonchev–Trinajstić information content (AvgIpc) is 2.56. The summed E-state index contributed by atoms with van der Waals surface area (Å²) in [5.74, 6) is 0. The van der Waals surface area contributed by atoms with Crippen molar-refractivity contribution in [1.82, 2.24) is 4.98 Å². The molecule has 1 heterocycles. The number of hydrogen-bond donors (Lipinski definition) is 1. The summed E-state index contributed by atoms with van der Waals surface area (Å²) in [4.78, 5) is 4.41. The first-order chi connectivity index (χ1) is 10.3. The minimum Gasteiger partial charge on any atom is -0.324 e. The number of pyridine rings is 1. The number of nitrogens with two attached hydrogens (primary N) is 1. The molecule has 106 valence electrons. The molecule has 0 aliphatic rings. The lowest BCUT2D eigenvalue weighted by Crippen LogP contribution is -2.10. The molecule has 1 unspecified atom stereocenters. The summed E-state index contributed by atoms with van der Waals surface area (Å²) in [6.07, 6.45) is 5.03. The summed E-state index contributed by atoms with van der Waals surface area (Å²) in [7, 11) is 0. The lowest BCUT2D eigenvalue weighted by molar-refractivity contribution is 0.612. The van der Waals surface area contributed by atoms with Crippen LogP contribution in [0.25, 0.3) is 10.9 Å². The minimum atomic E-state index is 0.124. The summed E-state index contributed by atoms with van der Waals surface area (Å²) in [5, 5.41) is 1.26. The van der Waals surface area contributed by atoms with E-state index >= 15 is 0 Å². The third-order valence-electron chi connectivity index (χ3n) is 3.93. The highest BCUT2D eigenvalue weighted by atomic mass is 14.6. The van der Waals surface area contributed by atoms with Gasteiger partial charge >= 0.3 is 0 Å². The van der Waals surface area contributed by atoms with Crippen molar-refractivity contribution in [2.75, 3.05) is 0 Å². The molecule has 2 nitrogen and oxygen atoms in total. The average molecular weight is 276 g/mol. The first-order valence-corrected chi connectivity index (χ1v) is 7.48. The van der Waals surface area contributed by atoms with E-state index in [1.807, 2.05) is 30.5 Å². The zero-order chi connectivity index (χ0) is 14.5. The molecule has 2 heteroatoms. The summed E-state index contributed by atoms with van der Waals surface area (Å²) in [6.45, 7) is 0. The summed E-state index contributed by atoms with van der Waals surface area (Å²) in [6, 6.07) is 20.9. The second kappa shape index (κ2) is 6.51. The van der Waals surface area contributed by atoms with Crippen LogP contribution in [-0.4, -0.2) is 4.98 Å². The van der Waals surface area contributed by atoms with E-state index in [0.717, 1.165) is 24.8 Å². The molecule has 3 rings (SSSR count). The Bertz CT molecular complexity index is 702. The standard InChI is InChI=1S/C19H20N2/c20-18(16-7-2-1-3-8-16)11-6-9-15-13-14-21-19-12-5-4-10-17(15)19/h1-5,7-8,10,12-14,18H,6,9,11,20H2. The fraction of sp³-hybridized carbons (Fsp3) is 0.211. The maximum atomic E-state index is 6.26. The number of para-hydroxylation sites is 1. The van der Waals surface area contributed by atoms with Gasteiger partial charge in [0.2, 0.25) is 0 Å². The van der Waals surface area contributed by atoms with E-state index in [0.29, 0.717) is 0 Å². The maximum absolute atomic E-state index is 6.26. The molecule has 1 aromatic heterocycles. The number of rotatable bonds is 5. The van der Waals surface area contributed by atoms with Crippen LogP contribution in [0.3, 0.4) is 0 Å². The third-order valence-corrected chi connectivity index (χ3v) is 3.93. The SMILES string of the molecule is NC(CCCc1ccnc2ccccc12)c1ccccc1. The van der Waals surface area contributed by atoms with Crippen molar-refractivity contribution in [2.24, 2.45) is 5.73 Å². The number of nitrogens with zero attached hydrogens (tertiary/aromatic N) is 1. The van der Waals surface area contributed by atoms with Crippen LogP contribution in [0.1, 0.15) is 30.0 Å². The molecule has 0 amide bonds. The van der Waals surface area contributed by atoms with Crippen LogP contribution in [0.5, 0.6) is 0 Å². The molecule has 0 radical (unpaired) electrons. The molecule has 1 atom stereocenters. The first-order valence-electron chi connectivity index (χ1n) is 7.48. The van der Waals surface area contributed by atoms with Gasteiger partial charge in [-0.2, -0.15) is 0 Å². The first kappa shape index (κ1) is 13.8. The van der Waals surface area contributed by atoms with Gasteiger partial charge in [0.1, 0.15) is 0 Å². The van der Waals surface area contributed by atoms with E-state index in [-0.39, 0.29) is 6.04 Å². The molecule has 2 N–H and O–H groups in total. The Kier molecular flexibility index (Phi) is 4.27. The van der Waals surface area contributed by atoms with Crippen molar-refractivity contribution >= 4 is 10.9 Å². The molecule has 3 aromatic rings. The Morgan fingerprint density at radius 3 is 2.52 bits per heavy atom. The molecule has 2 aromatic carbocycles. The van der Waals surface area contributed by atoms with Crippen molar-refractivity contribution in [2.45, 2.75) is 25.3 Å². The topological polar surface area (TPSA) is 38.9 Å². The van der Waals surface area contributed by atoms with Crippen molar-refractivity contribution < 1.29 is 0 Å². The number of fused-ring (bicyclic) bond motifs is 1. The summed E-state index contributed by atoms with van der Waals surface area (Å²) in [5.41, 5.74) is 9.91. The van der Waals surface area contributed by atoms with Crippen LogP contribution in [0.15, 0.2) is 66.9 Å². The Labute approximate surface area is 125 Å². The second-order valence-corrected chi connectivity index (χ2v) is 5.40. The number of aryl methyl sites for hydroxylation is 1. The predicted octanol–water partition coefficient (Wildman–Crippen LogP) is 4.26. The van der Waals surface area contributed by atoms with Gasteiger partial charge in [-0.25, -0.2) is 0 Å². The van der Waals surface area contributed by atoms with Gasteiger partial charge in [0.25, 0.3) is 0 Å². The Morgan fingerprint density at radius 2 is 1.67 bits per heavy atom. The molecule has 0 saturated carbocycles. The lowest BCUT2D eigenvalue weighted by Gasteiger charge is -2.12. The van der Waals surface area contributed by atoms with Crippen LogP contribution in [0.4, 0.5) is 0 Å². The maximum Gasteiger partial charge on any atom is 0.0704 e. The van der Waals surface area contributed by atoms with E-state index < -0.39 is 0 Å². The Hall–Kier alpha value is -2.19. The molecule has 0 fully saturated rings. The van der Waals surface area contributed by atoms with Gasteiger partial charge in [-0.3, -0.25) is 4.98 Å². The monoisotopic (exact) mass is 276 g/mol. The highest BCUT2D eigenvalue weighted by Crippen LogP contribution is 2.21. The number of hydrogen-bond acceptors (Lipinski definition) is 2. The molecule has 0 bridgehead atoms. The van der Waals surface area contributed by atoms with E-state index in [1.165, 1.54) is 16.5 Å². The van der Waals surface area contributed by atoms with Crippen molar-refractivity contribution in [3.05, 3.63) is 78.0 Å². The third kappa shape index (κ3) is 3.29. The van der Waals surface area contributed by atoms with Gasteiger partial charge < -0.3 is 5.73 Å². The predicted molar refractivity (Wildman–Crippen MR) is 88.1 cm³/mol. The van der Waals surface area contributed by atoms with Gasteiger partial charge in [0.05, 0.1) is 5.52 Å². The van der Waals surface area contributed by atoms with Crippen molar-refractivity contribution in [3.63, 3.8) is 0 Å². The molecule has 0 spiro atoms. The molecular formula is C19H20N2. The second-order valence-electron chi connectivity index (χ2n) is 5.40. The van der Waals surface area contributed by atoms with E-state index in [9.17, 15) is 0 Å².